The number of anilines is 2. The first kappa shape index (κ1) is 39.8. The molecule has 292 valence electrons. The standard InChI is InChI=1S/C48H43N5O4.BrH/c1-5-52(6-2)34-21-23-39-42(28-34)57-43-29-35(53(7-3)8-4)22-24-40(43)44(39)36-14-9-10-15-37(36)48(55)56-30-31-17-19-32(20-18-31)47(54)51-41-27-33-13-11-25-49-45(33)46-38(41)16-12-26-50-46;/h9-29H,5-8,30H2,1-4H3;1H. The number of ether oxygens (including phenoxy) is 1. The molecule has 0 unspecified atom stereocenters. The van der Waals surface area contributed by atoms with Crippen molar-refractivity contribution >= 4 is 56.0 Å². The third-order valence-corrected chi connectivity index (χ3v) is 10.7. The molecule has 9 nitrogen and oxygen atoms in total. The predicted molar refractivity (Wildman–Crippen MR) is 229 cm³/mol. The van der Waals surface area contributed by atoms with Crippen molar-refractivity contribution in [1.82, 2.24) is 14.5 Å². The fraction of sp³-hybridized carbons (Fsp3) is 0.188. The van der Waals surface area contributed by atoms with Gasteiger partial charge in [-0.1, -0.05) is 36.4 Å². The molecule has 1 amide bonds. The van der Waals surface area contributed by atoms with Gasteiger partial charge in [0.15, 0.2) is 0 Å². The molecule has 0 saturated heterocycles. The van der Waals surface area contributed by atoms with Crippen molar-refractivity contribution in [2.24, 2.45) is 0 Å². The first-order valence-electron chi connectivity index (χ1n) is 19.5. The van der Waals surface area contributed by atoms with Crippen molar-refractivity contribution in [3.05, 3.63) is 150 Å². The Bertz CT molecular complexity index is 2820. The first-order chi connectivity index (χ1) is 27.9. The third kappa shape index (κ3) is 7.67. The predicted octanol–water partition coefficient (Wildman–Crippen LogP) is 6.57. The lowest BCUT2D eigenvalue weighted by Gasteiger charge is -2.22. The van der Waals surface area contributed by atoms with Crippen molar-refractivity contribution in [2.45, 2.75) is 34.3 Å². The Hall–Kier alpha value is -6.39. The molecule has 0 fully saturated rings. The van der Waals surface area contributed by atoms with Gasteiger partial charge in [0.05, 0.1) is 28.4 Å². The smallest absolute Gasteiger partial charge is 0.339 e. The minimum absolute atomic E-state index is 0. The van der Waals surface area contributed by atoms with E-state index in [1.165, 1.54) is 0 Å². The molecule has 8 rings (SSSR count). The lowest BCUT2D eigenvalue weighted by atomic mass is 9.90. The van der Waals surface area contributed by atoms with E-state index < -0.39 is 5.97 Å². The molecule has 1 aliphatic carbocycles. The molecule has 1 aliphatic heterocycles. The molecule has 58 heavy (non-hydrogen) atoms. The van der Waals surface area contributed by atoms with Gasteiger partial charge in [-0.05, 0) is 99.5 Å². The summed E-state index contributed by atoms with van der Waals surface area (Å²) >= 11 is 0. The number of carbonyl (C=O) groups excluding carboxylic acids is 2. The van der Waals surface area contributed by atoms with Gasteiger partial charge in [-0.2, -0.15) is 0 Å². The molecule has 6 aromatic rings. The van der Waals surface area contributed by atoms with Crippen LogP contribution in [-0.4, -0.2) is 48.0 Å². The van der Waals surface area contributed by atoms with Crippen LogP contribution in [0, 0.1) is 0 Å². The van der Waals surface area contributed by atoms with Crippen molar-refractivity contribution in [3.63, 3.8) is 0 Å². The largest absolute Gasteiger partial charge is 1.00 e. The van der Waals surface area contributed by atoms with Gasteiger partial charge >= 0.3 is 5.97 Å². The van der Waals surface area contributed by atoms with Crippen molar-refractivity contribution in [2.75, 3.05) is 36.4 Å². The number of aromatic nitrogens is 2. The molecule has 2 aromatic heterocycles. The van der Waals surface area contributed by atoms with Gasteiger partial charge in [0, 0.05) is 76.2 Å². The van der Waals surface area contributed by atoms with Crippen LogP contribution in [-0.2, 0) is 11.3 Å². The number of amides is 1. The average molecular weight is 835 g/mol. The lowest BCUT2D eigenvalue weighted by molar-refractivity contribution is -0.0000371. The van der Waals surface area contributed by atoms with Gasteiger partial charge < -0.3 is 36.4 Å². The zero-order chi connectivity index (χ0) is 39.5. The molecule has 0 saturated carbocycles. The highest BCUT2D eigenvalue weighted by atomic mass is 79.9. The van der Waals surface area contributed by atoms with E-state index in [1.54, 1.807) is 36.7 Å². The number of fused-ring (bicyclic) bond motifs is 5. The molecule has 0 atom stereocenters. The monoisotopic (exact) mass is 833 g/mol. The Kier molecular flexibility index (Phi) is 11.9. The van der Waals surface area contributed by atoms with E-state index in [0.717, 1.165) is 98.0 Å². The summed E-state index contributed by atoms with van der Waals surface area (Å²) in [7, 11) is 0. The highest BCUT2D eigenvalue weighted by molar-refractivity contribution is 6.14. The van der Waals surface area contributed by atoms with Gasteiger partial charge in [-0.25, -0.2) is 9.37 Å². The second-order valence-corrected chi connectivity index (χ2v) is 13.9. The number of halogens is 1. The normalized spacial score (nSPS) is 11.1. The molecule has 4 aromatic carbocycles. The lowest BCUT2D eigenvalue weighted by Crippen LogP contribution is -3.00. The van der Waals surface area contributed by atoms with Crippen LogP contribution in [0.1, 0.15) is 54.0 Å². The highest BCUT2D eigenvalue weighted by Gasteiger charge is 2.24. The first-order valence-corrected chi connectivity index (χ1v) is 19.5. The second kappa shape index (κ2) is 17.4. The highest BCUT2D eigenvalue weighted by Crippen LogP contribution is 2.42. The molecule has 3 heterocycles. The van der Waals surface area contributed by atoms with Gasteiger partial charge in [0.25, 0.3) is 5.91 Å². The summed E-state index contributed by atoms with van der Waals surface area (Å²) in [5.41, 5.74) is 8.25. The fourth-order valence-electron chi connectivity index (χ4n) is 7.66. The molecule has 10 heteroatoms. The summed E-state index contributed by atoms with van der Waals surface area (Å²) in [6, 6.07) is 36.8. The summed E-state index contributed by atoms with van der Waals surface area (Å²) in [5.74, 6) is 0.0389. The van der Waals surface area contributed by atoms with Crippen molar-refractivity contribution in [1.29, 1.82) is 0 Å². The maximum absolute atomic E-state index is 14.0. The van der Waals surface area contributed by atoms with Gasteiger partial charge in [-0.3, -0.25) is 14.8 Å². The number of pyridine rings is 2. The van der Waals surface area contributed by atoms with Crippen LogP contribution >= 0.6 is 0 Å². The van der Waals surface area contributed by atoms with E-state index >= 15 is 0 Å². The Balaban J connectivity index is 0.00000512. The Morgan fingerprint density at radius 3 is 2.24 bits per heavy atom. The molecule has 2 aliphatic rings. The summed E-state index contributed by atoms with van der Waals surface area (Å²) < 4.78 is 14.9. The SMILES string of the molecule is CCN(CC)c1ccc2c(-c3ccccc3C(=O)OCc3ccc(C(=O)Nc4cc5cccnc5c5ncccc45)cc3)c3ccc(=[N+](CC)CC)cc-3oc2c1.[Br-]. The summed E-state index contributed by atoms with van der Waals surface area (Å²) in [6.07, 6.45) is 3.46. The number of nitrogens with zero attached hydrogens (tertiary/aromatic N) is 4. The average Bonchev–Trinajstić information content (AvgIpc) is 3.25. The van der Waals surface area contributed by atoms with Crippen LogP contribution in [0.2, 0.25) is 0 Å². The van der Waals surface area contributed by atoms with Gasteiger partial charge in [-0.15, -0.1) is 0 Å². The number of carbonyl (C=O) groups is 2. The quantitative estimate of drug-likeness (QED) is 0.0682. The Morgan fingerprint density at radius 1 is 0.741 bits per heavy atom. The van der Waals surface area contributed by atoms with E-state index in [2.05, 4.69) is 88.9 Å². The third-order valence-electron chi connectivity index (χ3n) is 10.7. The van der Waals surface area contributed by atoms with E-state index in [4.69, 9.17) is 9.15 Å². The summed E-state index contributed by atoms with van der Waals surface area (Å²) in [6.45, 7) is 12.1. The Morgan fingerprint density at radius 2 is 1.48 bits per heavy atom. The summed E-state index contributed by atoms with van der Waals surface area (Å²) in [4.78, 5) is 38.7. The molecular weight excluding hydrogens is 790 g/mol. The van der Waals surface area contributed by atoms with Crippen LogP contribution in [0.3, 0.4) is 0 Å². The minimum Gasteiger partial charge on any atom is -1.00 e. The number of nitrogens with one attached hydrogen (secondary N) is 1. The number of hydrogen-bond acceptors (Lipinski definition) is 7. The fourth-order valence-corrected chi connectivity index (χ4v) is 7.66. The van der Waals surface area contributed by atoms with Crippen LogP contribution in [0.5, 0.6) is 0 Å². The van der Waals surface area contributed by atoms with E-state index in [0.29, 0.717) is 16.8 Å². The molecular formula is C48H44BrN5O4. The van der Waals surface area contributed by atoms with Crippen molar-refractivity contribution in [3.8, 4) is 22.5 Å². The molecule has 1 N–H and O–H groups in total. The maximum atomic E-state index is 14.0. The zero-order valence-electron chi connectivity index (χ0n) is 33.0. The van der Waals surface area contributed by atoms with Crippen molar-refractivity contribution < 1.29 is 35.7 Å². The van der Waals surface area contributed by atoms with Crippen LogP contribution in [0.15, 0.2) is 132 Å². The van der Waals surface area contributed by atoms with Gasteiger partial charge in [0.2, 0.25) is 5.36 Å². The molecule has 0 bridgehead atoms. The van der Waals surface area contributed by atoms with Gasteiger partial charge in [0.1, 0.15) is 31.0 Å². The second-order valence-electron chi connectivity index (χ2n) is 13.9. The van der Waals surface area contributed by atoms with E-state index in [9.17, 15) is 9.59 Å². The number of esters is 1. The van der Waals surface area contributed by atoms with Crippen LogP contribution < -0.4 is 37.1 Å². The summed E-state index contributed by atoms with van der Waals surface area (Å²) in [5, 5.41) is 6.74. The maximum Gasteiger partial charge on any atom is 0.339 e. The van der Waals surface area contributed by atoms with E-state index in [-0.39, 0.29) is 29.5 Å². The number of benzene rings is 5. The van der Waals surface area contributed by atoms with Crippen LogP contribution in [0.25, 0.3) is 55.2 Å². The van der Waals surface area contributed by atoms with E-state index in [1.807, 2.05) is 54.6 Å². The zero-order valence-corrected chi connectivity index (χ0v) is 34.5. The molecule has 0 radical (unpaired) electrons. The van der Waals surface area contributed by atoms with Crippen LogP contribution in [0.4, 0.5) is 11.4 Å². The minimum atomic E-state index is -0.444. The number of rotatable bonds is 11. The number of hydrogen-bond donors (Lipinski definition) is 1. The topological polar surface area (TPSA) is 101 Å². The Labute approximate surface area is 347 Å². The molecule has 0 spiro atoms.